The van der Waals surface area contributed by atoms with Crippen molar-refractivity contribution in [3.8, 4) is 0 Å². The number of carbonyl (C=O) groups excluding carboxylic acids is 2. The highest BCUT2D eigenvalue weighted by Gasteiger charge is 2.04. The van der Waals surface area contributed by atoms with Crippen LogP contribution in [0.4, 0.5) is 5.69 Å². The Bertz CT molecular complexity index is 782. The van der Waals surface area contributed by atoms with Gasteiger partial charge in [0, 0.05) is 19.8 Å². The number of furan rings is 1. The lowest BCUT2D eigenvalue weighted by Crippen LogP contribution is -2.07. The summed E-state index contributed by atoms with van der Waals surface area (Å²) in [5.74, 6) is 0.314. The zero-order chi connectivity index (χ0) is 18.2. The van der Waals surface area contributed by atoms with Crippen LogP contribution in [0.1, 0.15) is 23.5 Å². The molecule has 1 N–H and O–H groups in total. The smallest absolute Gasteiger partial charge is 0.163 e. The first-order valence-corrected chi connectivity index (χ1v) is 7.86. The molecule has 5 heteroatoms. The first kappa shape index (κ1) is 18.4. The van der Waals surface area contributed by atoms with Gasteiger partial charge in [0.25, 0.3) is 0 Å². The number of ketones is 2. The predicted molar refractivity (Wildman–Crippen MR) is 98.1 cm³/mol. The van der Waals surface area contributed by atoms with Gasteiger partial charge in [0.15, 0.2) is 11.6 Å². The molecule has 0 spiro atoms. The van der Waals surface area contributed by atoms with Crippen LogP contribution in [0.25, 0.3) is 12.2 Å². The van der Waals surface area contributed by atoms with Crippen molar-refractivity contribution in [2.45, 2.75) is 13.0 Å². The molecule has 25 heavy (non-hydrogen) atoms. The molecule has 0 amide bonds. The minimum atomic E-state index is -0.306. The summed E-state index contributed by atoms with van der Waals surface area (Å²) in [7, 11) is 3.92. The van der Waals surface area contributed by atoms with Crippen molar-refractivity contribution in [1.29, 1.82) is 0 Å². The highest BCUT2D eigenvalue weighted by Crippen LogP contribution is 2.13. The number of nitrogens with zero attached hydrogens (tertiary/aromatic N) is 1. The quantitative estimate of drug-likeness (QED) is 0.591. The van der Waals surface area contributed by atoms with E-state index in [2.05, 4.69) is 0 Å². The fourth-order valence-corrected chi connectivity index (χ4v) is 2.11. The number of anilines is 1. The average Bonchev–Trinajstić information content (AvgIpc) is 3.06. The van der Waals surface area contributed by atoms with E-state index in [1.54, 1.807) is 18.2 Å². The minimum Gasteiger partial charge on any atom is -0.459 e. The van der Waals surface area contributed by atoms with Gasteiger partial charge in [-0.25, -0.2) is 0 Å². The average molecular weight is 339 g/mol. The van der Waals surface area contributed by atoms with E-state index in [-0.39, 0.29) is 24.6 Å². The third kappa shape index (κ3) is 5.90. The molecule has 1 aromatic heterocycles. The van der Waals surface area contributed by atoms with Crippen LogP contribution in [0, 0.1) is 0 Å². The summed E-state index contributed by atoms with van der Waals surface area (Å²) >= 11 is 0. The van der Waals surface area contributed by atoms with Gasteiger partial charge in [-0.05, 0) is 48.1 Å². The summed E-state index contributed by atoms with van der Waals surface area (Å²) in [6.07, 6.45) is 5.69. The van der Waals surface area contributed by atoms with E-state index in [1.807, 2.05) is 43.3 Å². The lowest BCUT2D eigenvalue weighted by Gasteiger charge is -2.11. The molecule has 0 saturated heterocycles. The van der Waals surface area contributed by atoms with Gasteiger partial charge in [-0.2, -0.15) is 0 Å². The van der Waals surface area contributed by atoms with Crippen molar-refractivity contribution in [2.24, 2.45) is 0 Å². The molecule has 0 aliphatic rings. The maximum Gasteiger partial charge on any atom is 0.163 e. The van der Waals surface area contributed by atoms with Gasteiger partial charge in [0.1, 0.15) is 18.1 Å². The molecule has 1 aromatic carbocycles. The molecule has 0 fully saturated rings. The Morgan fingerprint density at radius 3 is 2.20 bits per heavy atom. The summed E-state index contributed by atoms with van der Waals surface area (Å²) in [6, 6.07) is 11.0. The molecule has 0 radical (unpaired) electrons. The van der Waals surface area contributed by atoms with Crippen molar-refractivity contribution >= 4 is 29.4 Å². The first-order valence-electron chi connectivity index (χ1n) is 7.86. The number of hydrogen-bond acceptors (Lipinski definition) is 5. The molecular formula is C20H21NO4. The van der Waals surface area contributed by atoms with Gasteiger partial charge < -0.3 is 14.4 Å². The standard InChI is InChI=1S/C20H21NO4/c1-21(2)16-6-3-15(4-7-16)5-8-17(23)13-18(24)9-10-19-11-12-20(14-22)25-19/h3-12,22H,13-14H2,1-2H3/b8-5+,10-9+. The molecule has 2 rings (SSSR count). The van der Waals surface area contributed by atoms with Gasteiger partial charge in [-0.3, -0.25) is 9.59 Å². The number of rotatable bonds is 8. The van der Waals surface area contributed by atoms with E-state index in [0.29, 0.717) is 11.5 Å². The van der Waals surface area contributed by atoms with E-state index in [1.165, 1.54) is 18.2 Å². The molecule has 0 aliphatic carbocycles. The highest BCUT2D eigenvalue weighted by atomic mass is 16.4. The van der Waals surface area contributed by atoms with Crippen LogP contribution in [0.3, 0.4) is 0 Å². The molecular weight excluding hydrogens is 318 g/mol. The molecule has 0 bridgehead atoms. The fraction of sp³-hybridized carbons (Fsp3) is 0.200. The Balaban J connectivity index is 1.87. The lowest BCUT2D eigenvalue weighted by atomic mass is 10.1. The van der Waals surface area contributed by atoms with Crippen molar-refractivity contribution in [3.05, 3.63) is 65.6 Å². The number of benzene rings is 1. The van der Waals surface area contributed by atoms with Crippen molar-refractivity contribution in [1.82, 2.24) is 0 Å². The molecule has 0 atom stereocenters. The zero-order valence-corrected chi connectivity index (χ0v) is 14.3. The predicted octanol–water partition coefficient (Wildman–Crippen LogP) is 3.09. The lowest BCUT2D eigenvalue weighted by molar-refractivity contribution is -0.121. The fourth-order valence-electron chi connectivity index (χ4n) is 2.11. The molecule has 5 nitrogen and oxygen atoms in total. The molecule has 1 heterocycles. The van der Waals surface area contributed by atoms with Gasteiger partial charge in [0.2, 0.25) is 0 Å². The van der Waals surface area contributed by atoms with Crippen LogP contribution in [-0.2, 0) is 16.2 Å². The van der Waals surface area contributed by atoms with E-state index >= 15 is 0 Å². The van der Waals surface area contributed by atoms with Crippen LogP contribution in [0.5, 0.6) is 0 Å². The Labute approximate surface area is 146 Å². The topological polar surface area (TPSA) is 70.8 Å². The van der Waals surface area contributed by atoms with E-state index in [0.717, 1.165) is 11.3 Å². The summed E-state index contributed by atoms with van der Waals surface area (Å²) in [6.45, 7) is -0.194. The summed E-state index contributed by atoms with van der Waals surface area (Å²) in [4.78, 5) is 25.6. The van der Waals surface area contributed by atoms with Crippen LogP contribution < -0.4 is 4.90 Å². The monoisotopic (exact) mass is 339 g/mol. The normalized spacial score (nSPS) is 11.3. The molecule has 0 unspecified atom stereocenters. The van der Waals surface area contributed by atoms with Gasteiger partial charge >= 0.3 is 0 Å². The van der Waals surface area contributed by atoms with Crippen molar-refractivity contribution < 1.29 is 19.1 Å². The summed E-state index contributed by atoms with van der Waals surface area (Å²) in [5, 5.41) is 8.90. The van der Waals surface area contributed by atoms with E-state index in [4.69, 9.17) is 9.52 Å². The Morgan fingerprint density at radius 1 is 1.00 bits per heavy atom. The number of aliphatic hydroxyl groups excluding tert-OH is 1. The van der Waals surface area contributed by atoms with Crippen LogP contribution in [0.2, 0.25) is 0 Å². The van der Waals surface area contributed by atoms with Crippen molar-refractivity contribution in [3.63, 3.8) is 0 Å². The number of aliphatic hydroxyl groups is 1. The maximum atomic E-state index is 11.9. The third-order valence-electron chi connectivity index (χ3n) is 3.49. The van der Waals surface area contributed by atoms with E-state index in [9.17, 15) is 9.59 Å². The van der Waals surface area contributed by atoms with Gasteiger partial charge in [-0.15, -0.1) is 0 Å². The summed E-state index contributed by atoms with van der Waals surface area (Å²) in [5.41, 5.74) is 1.97. The van der Waals surface area contributed by atoms with E-state index < -0.39 is 0 Å². The molecule has 2 aromatic rings. The SMILES string of the molecule is CN(C)c1ccc(/C=C/C(=O)CC(=O)/C=C/c2ccc(CO)o2)cc1. The second kappa shape index (κ2) is 8.80. The van der Waals surface area contributed by atoms with Gasteiger partial charge in [0.05, 0.1) is 6.42 Å². The number of carbonyl (C=O) groups is 2. The van der Waals surface area contributed by atoms with Crippen molar-refractivity contribution in [2.75, 3.05) is 19.0 Å². The first-order chi connectivity index (χ1) is 12.0. The third-order valence-corrected chi connectivity index (χ3v) is 3.49. The van der Waals surface area contributed by atoms with Crippen LogP contribution in [-0.4, -0.2) is 30.8 Å². The zero-order valence-electron chi connectivity index (χ0n) is 14.3. The largest absolute Gasteiger partial charge is 0.459 e. The Hall–Kier alpha value is -2.92. The number of allylic oxidation sites excluding steroid dienone is 2. The van der Waals surface area contributed by atoms with Crippen LogP contribution >= 0.6 is 0 Å². The Morgan fingerprint density at radius 2 is 1.64 bits per heavy atom. The van der Waals surface area contributed by atoms with Gasteiger partial charge in [-0.1, -0.05) is 18.2 Å². The van der Waals surface area contributed by atoms with Crippen LogP contribution in [0.15, 0.2) is 53.0 Å². The molecule has 130 valence electrons. The number of hydrogen-bond donors (Lipinski definition) is 1. The molecule has 0 aliphatic heterocycles. The highest BCUT2D eigenvalue weighted by molar-refractivity contribution is 6.10. The summed E-state index contributed by atoms with van der Waals surface area (Å²) < 4.78 is 5.23. The maximum absolute atomic E-state index is 11.9. The second-order valence-electron chi connectivity index (χ2n) is 5.72. The minimum absolute atomic E-state index is 0.194. The Kier molecular flexibility index (Phi) is 6.48. The molecule has 0 saturated carbocycles. The second-order valence-corrected chi connectivity index (χ2v) is 5.72.